The maximum atomic E-state index is 11.7. The van der Waals surface area contributed by atoms with Crippen molar-refractivity contribution in [3.8, 4) is 0 Å². The van der Waals surface area contributed by atoms with Crippen LogP contribution in [0.4, 0.5) is 0 Å². The average Bonchev–Trinajstić information content (AvgIpc) is 2.54. The number of esters is 1. The van der Waals surface area contributed by atoms with Crippen LogP contribution < -0.4 is 0 Å². The Balaban J connectivity index is 2.18. The van der Waals surface area contributed by atoms with Gasteiger partial charge in [0, 0.05) is 18.4 Å². The van der Waals surface area contributed by atoms with Crippen molar-refractivity contribution in [2.75, 3.05) is 0 Å². The number of carbonyl (C=O) groups excluding carboxylic acids is 2. The Hall–Kier alpha value is -1.16. The Kier molecular flexibility index (Phi) is 2.01. The van der Waals surface area contributed by atoms with Gasteiger partial charge in [0.1, 0.15) is 0 Å². The molecular formula is C11H14O4. The van der Waals surface area contributed by atoms with Crippen LogP contribution in [0.5, 0.6) is 0 Å². The SMILES string of the molecule is C=C(C)C(=O)OC12CCC(O)(CC1=O)C2. The molecule has 0 aromatic carbocycles. The molecule has 2 atom stereocenters. The Morgan fingerprint density at radius 1 is 1.53 bits per heavy atom. The molecule has 2 aliphatic rings. The number of hydrogen-bond donors (Lipinski definition) is 1. The van der Waals surface area contributed by atoms with Crippen molar-refractivity contribution in [1.29, 1.82) is 0 Å². The van der Waals surface area contributed by atoms with Crippen LogP contribution in [0.1, 0.15) is 32.6 Å². The summed E-state index contributed by atoms with van der Waals surface area (Å²) in [6.45, 7) is 5.01. The van der Waals surface area contributed by atoms with E-state index >= 15 is 0 Å². The molecule has 0 saturated heterocycles. The van der Waals surface area contributed by atoms with Crippen molar-refractivity contribution in [2.45, 2.75) is 43.8 Å². The molecule has 2 fully saturated rings. The van der Waals surface area contributed by atoms with Gasteiger partial charge in [0.2, 0.25) is 0 Å². The summed E-state index contributed by atoms with van der Waals surface area (Å²) in [5.74, 6) is -0.708. The highest BCUT2D eigenvalue weighted by molar-refractivity contribution is 5.96. The summed E-state index contributed by atoms with van der Waals surface area (Å²) in [6, 6.07) is 0. The van der Waals surface area contributed by atoms with E-state index in [9.17, 15) is 14.7 Å². The van der Waals surface area contributed by atoms with E-state index in [1.54, 1.807) is 6.92 Å². The van der Waals surface area contributed by atoms with E-state index in [1.807, 2.05) is 0 Å². The van der Waals surface area contributed by atoms with E-state index in [4.69, 9.17) is 4.74 Å². The van der Waals surface area contributed by atoms with Gasteiger partial charge in [-0.25, -0.2) is 4.79 Å². The number of Topliss-reactive ketones (excluding diaryl/α,β-unsaturated/α-hetero) is 1. The van der Waals surface area contributed by atoms with Crippen molar-refractivity contribution < 1.29 is 19.4 Å². The molecule has 4 heteroatoms. The smallest absolute Gasteiger partial charge is 0.334 e. The first kappa shape index (κ1) is 10.4. The molecule has 2 saturated carbocycles. The first-order valence-electron chi connectivity index (χ1n) is 5.01. The Bertz CT molecular complexity index is 360. The number of carbonyl (C=O) groups is 2. The first-order chi connectivity index (χ1) is 6.87. The van der Waals surface area contributed by atoms with E-state index in [0.717, 1.165) is 0 Å². The molecule has 0 aromatic heterocycles. The molecular weight excluding hydrogens is 196 g/mol. The van der Waals surface area contributed by atoms with Crippen LogP contribution in [0, 0.1) is 0 Å². The van der Waals surface area contributed by atoms with Gasteiger partial charge in [0.15, 0.2) is 11.4 Å². The first-order valence-corrected chi connectivity index (χ1v) is 5.01. The second-order valence-corrected chi connectivity index (χ2v) is 4.67. The lowest BCUT2D eigenvalue weighted by Gasteiger charge is -2.24. The van der Waals surface area contributed by atoms with Gasteiger partial charge in [-0.05, 0) is 19.8 Å². The predicted octanol–water partition coefficient (Wildman–Crippen LogP) is 0.732. The fourth-order valence-corrected chi connectivity index (χ4v) is 2.40. The summed E-state index contributed by atoms with van der Waals surface area (Å²) in [5.41, 5.74) is -1.73. The van der Waals surface area contributed by atoms with E-state index in [0.29, 0.717) is 12.8 Å². The maximum absolute atomic E-state index is 11.7. The zero-order chi connectivity index (χ0) is 11.3. The highest BCUT2D eigenvalue weighted by atomic mass is 16.6. The summed E-state index contributed by atoms with van der Waals surface area (Å²) >= 11 is 0. The fourth-order valence-electron chi connectivity index (χ4n) is 2.40. The lowest BCUT2D eigenvalue weighted by Crippen LogP contribution is -2.38. The number of ketones is 1. The van der Waals surface area contributed by atoms with Crippen molar-refractivity contribution in [3.63, 3.8) is 0 Å². The van der Waals surface area contributed by atoms with E-state index < -0.39 is 17.2 Å². The second-order valence-electron chi connectivity index (χ2n) is 4.67. The maximum Gasteiger partial charge on any atom is 0.334 e. The second kappa shape index (κ2) is 2.92. The molecule has 0 radical (unpaired) electrons. The molecule has 15 heavy (non-hydrogen) atoms. The molecule has 0 aliphatic heterocycles. The van der Waals surface area contributed by atoms with Crippen molar-refractivity contribution in [1.82, 2.24) is 0 Å². The highest BCUT2D eigenvalue weighted by Gasteiger charge is 2.62. The van der Waals surface area contributed by atoms with Gasteiger partial charge in [0.05, 0.1) is 5.60 Å². The van der Waals surface area contributed by atoms with Crippen molar-refractivity contribution in [3.05, 3.63) is 12.2 Å². The molecule has 82 valence electrons. The average molecular weight is 210 g/mol. The summed E-state index contributed by atoms with van der Waals surface area (Å²) in [7, 11) is 0. The van der Waals surface area contributed by atoms with Crippen LogP contribution in [-0.2, 0) is 14.3 Å². The molecule has 2 aliphatic carbocycles. The summed E-state index contributed by atoms with van der Waals surface area (Å²) in [5, 5.41) is 9.89. The summed E-state index contributed by atoms with van der Waals surface area (Å²) < 4.78 is 5.18. The third-order valence-corrected chi connectivity index (χ3v) is 3.24. The molecule has 2 rings (SSSR count). The van der Waals surface area contributed by atoms with Gasteiger partial charge in [-0.2, -0.15) is 0 Å². The predicted molar refractivity (Wildman–Crippen MR) is 52.1 cm³/mol. The van der Waals surface area contributed by atoms with Crippen LogP contribution in [0.25, 0.3) is 0 Å². The van der Waals surface area contributed by atoms with Gasteiger partial charge in [-0.3, -0.25) is 4.79 Å². The van der Waals surface area contributed by atoms with Gasteiger partial charge >= 0.3 is 5.97 Å². The number of ether oxygens (including phenoxy) is 1. The highest BCUT2D eigenvalue weighted by Crippen LogP contribution is 2.50. The number of aliphatic hydroxyl groups is 1. The lowest BCUT2D eigenvalue weighted by molar-refractivity contribution is -0.161. The van der Waals surface area contributed by atoms with Crippen LogP contribution in [0.3, 0.4) is 0 Å². The monoisotopic (exact) mass is 210 g/mol. The Morgan fingerprint density at radius 3 is 2.60 bits per heavy atom. The molecule has 0 heterocycles. The minimum Gasteiger partial charge on any atom is -0.448 e. The van der Waals surface area contributed by atoms with Crippen molar-refractivity contribution >= 4 is 11.8 Å². The Morgan fingerprint density at radius 2 is 2.20 bits per heavy atom. The van der Waals surface area contributed by atoms with E-state index in [1.165, 1.54) is 0 Å². The fraction of sp³-hybridized carbons (Fsp3) is 0.636. The van der Waals surface area contributed by atoms with Gasteiger partial charge < -0.3 is 9.84 Å². The molecule has 0 aromatic rings. The van der Waals surface area contributed by atoms with Crippen LogP contribution in [-0.4, -0.2) is 28.1 Å². The topological polar surface area (TPSA) is 63.6 Å². The van der Waals surface area contributed by atoms with Crippen molar-refractivity contribution in [2.24, 2.45) is 0 Å². The number of rotatable bonds is 2. The zero-order valence-electron chi connectivity index (χ0n) is 8.71. The summed E-state index contributed by atoms with van der Waals surface area (Å²) in [6.07, 6.45) is 1.32. The third-order valence-electron chi connectivity index (χ3n) is 3.24. The molecule has 2 unspecified atom stereocenters. The number of fused-ring (bicyclic) bond motifs is 2. The molecule has 1 N–H and O–H groups in total. The Labute approximate surface area is 87.9 Å². The van der Waals surface area contributed by atoms with E-state index in [2.05, 4.69) is 6.58 Å². The standard InChI is InChI=1S/C11H14O4/c1-7(2)9(13)15-11-4-3-10(14,6-11)5-8(11)12/h14H,1,3-6H2,2H3. The third kappa shape index (κ3) is 1.49. The van der Waals surface area contributed by atoms with Gasteiger partial charge in [-0.15, -0.1) is 0 Å². The molecule has 2 bridgehead atoms. The van der Waals surface area contributed by atoms with Gasteiger partial charge in [-0.1, -0.05) is 6.58 Å². The molecule has 0 amide bonds. The largest absolute Gasteiger partial charge is 0.448 e. The minimum absolute atomic E-state index is 0.108. The quantitative estimate of drug-likeness (QED) is 0.539. The minimum atomic E-state index is -1.06. The molecule has 4 nitrogen and oxygen atoms in total. The zero-order valence-corrected chi connectivity index (χ0v) is 8.71. The van der Waals surface area contributed by atoms with Crippen LogP contribution in [0.15, 0.2) is 12.2 Å². The molecule has 0 spiro atoms. The van der Waals surface area contributed by atoms with Crippen LogP contribution >= 0.6 is 0 Å². The summed E-state index contributed by atoms with van der Waals surface area (Å²) in [4.78, 5) is 23.0. The normalized spacial score (nSPS) is 38.1. The lowest BCUT2D eigenvalue weighted by atomic mass is 9.94. The van der Waals surface area contributed by atoms with Crippen LogP contribution in [0.2, 0.25) is 0 Å². The van der Waals surface area contributed by atoms with Gasteiger partial charge in [0.25, 0.3) is 0 Å². The van der Waals surface area contributed by atoms with E-state index in [-0.39, 0.29) is 24.2 Å². The number of hydrogen-bond acceptors (Lipinski definition) is 4.